The summed E-state index contributed by atoms with van der Waals surface area (Å²) in [6, 6.07) is 0. The molecule has 15 heavy (non-hydrogen) atoms. The smallest absolute Gasteiger partial charge is 0.00436 e. The second-order valence-electron chi connectivity index (χ2n) is 5.96. The third-order valence-electron chi connectivity index (χ3n) is 4.56. The molecule has 0 saturated heterocycles. The summed E-state index contributed by atoms with van der Waals surface area (Å²) >= 11 is 0. The van der Waals surface area contributed by atoms with E-state index < -0.39 is 0 Å². The second-order valence-corrected chi connectivity index (χ2v) is 5.96. The summed E-state index contributed by atoms with van der Waals surface area (Å²) in [7, 11) is 0. The van der Waals surface area contributed by atoms with Gasteiger partial charge in [0.15, 0.2) is 0 Å². The molecule has 0 rings (SSSR count). The molecule has 1 nitrogen and oxygen atoms in total. The lowest BCUT2D eigenvalue weighted by atomic mass is 9.71. The van der Waals surface area contributed by atoms with Crippen LogP contribution in [0.1, 0.15) is 48.5 Å². The third-order valence-corrected chi connectivity index (χ3v) is 4.56. The van der Waals surface area contributed by atoms with E-state index in [1.165, 1.54) is 0 Å². The van der Waals surface area contributed by atoms with Crippen molar-refractivity contribution in [2.45, 2.75) is 48.5 Å². The molecule has 92 valence electrons. The molecule has 1 heteroatoms. The van der Waals surface area contributed by atoms with Gasteiger partial charge in [-0.3, -0.25) is 0 Å². The lowest BCUT2D eigenvalue weighted by Crippen LogP contribution is -2.34. The van der Waals surface area contributed by atoms with Crippen molar-refractivity contribution in [3.05, 3.63) is 0 Å². The Morgan fingerprint density at radius 1 is 0.667 bits per heavy atom. The molecule has 2 N–H and O–H groups in total. The van der Waals surface area contributed by atoms with Crippen molar-refractivity contribution in [3.63, 3.8) is 0 Å². The largest absolute Gasteiger partial charge is 0.330 e. The van der Waals surface area contributed by atoms with Crippen LogP contribution in [0, 0.1) is 35.5 Å². The summed E-state index contributed by atoms with van der Waals surface area (Å²) in [5.74, 6) is 4.38. The summed E-state index contributed by atoms with van der Waals surface area (Å²) in [5.41, 5.74) is 5.95. The Hall–Kier alpha value is -0.0400. The van der Waals surface area contributed by atoms with Crippen LogP contribution in [-0.4, -0.2) is 6.54 Å². The van der Waals surface area contributed by atoms with Gasteiger partial charge in [-0.1, -0.05) is 48.5 Å². The Bertz CT molecular complexity index is 163. The molecular weight excluding hydrogens is 182 g/mol. The fourth-order valence-corrected chi connectivity index (χ4v) is 2.40. The molecule has 0 heterocycles. The maximum absolute atomic E-state index is 5.95. The van der Waals surface area contributed by atoms with Crippen LogP contribution in [-0.2, 0) is 0 Å². The number of nitrogens with two attached hydrogens (primary N) is 1. The van der Waals surface area contributed by atoms with Crippen LogP contribution in [0.4, 0.5) is 0 Å². The molecule has 4 unspecified atom stereocenters. The lowest BCUT2D eigenvalue weighted by Gasteiger charge is -2.36. The van der Waals surface area contributed by atoms with E-state index in [0.29, 0.717) is 5.92 Å². The van der Waals surface area contributed by atoms with E-state index in [-0.39, 0.29) is 0 Å². The van der Waals surface area contributed by atoms with Crippen LogP contribution >= 0.6 is 0 Å². The second kappa shape index (κ2) is 6.52. The molecule has 0 bridgehead atoms. The third kappa shape index (κ3) is 4.14. The maximum atomic E-state index is 5.95. The molecule has 0 aromatic rings. The van der Waals surface area contributed by atoms with E-state index >= 15 is 0 Å². The van der Waals surface area contributed by atoms with Gasteiger partial charge in [0.05, 0.1) is 0 Å². The van der Waals surface area contributed by atoms with Crippen molar-refractivity contribution in [3.8, 4) is 0 Å². The van der Waals surface area contributed by atoms with Gasteiger partial charge in [-0.2, -0.15) is 0 Å². The monoisotopic (exact) mass is 213 g/mol. The molecule has 0 aliphatic rings. The molecule has 0 amide bonds. The first kappa shape index (κ1) is 15.0. The predicted octanol–water partition coefficient (Wildman–Crippen LogP) is 3.78. The molecule has 0 aliphatic carbocycles. The van der Waals surface area contributed by atoms with Gasteiger partial charge in [0.2, 0.25) is 0 Å². The average molecular weight is 213 g/mol. The number of hydrogen-bond acceptors (Lipinski definition) is 1. The average Bonchev–Trinajstić information content (AvgIpc) is 2.16. The Morgan fingerprint density at radius 2 is 1.07 bits per heavy atom. The zero-order valence-corrected chi connectivity index (χ0v) is 11.7. The van der Waals surface area contributed by atoms with Crippen LogP contribution in [0.15, 0.2) is 0 Å². The van der Waals surface area contributed by atoms with Gasteiger partial charge in [-0.25, -0.2) is 0 Å². The van der Waals surface area contributed by atoms with E-state index in [9.17, 15) is 0 Å². The highest BCUT2D eigenvalue weighted by molar-refractivity contribution is 4.79. The highest BCUT2D eigenvalue weighted by atomic mass is 14.6. The maximum Gasteiger partial charge on any atom is -0.00436 e. The minimum atomic E-state index is 0.669. The summed E-state index contributed by atoms with van der Waals surface area (Å²) in [6.07, 6.45) is 0. The minimum Gasteiger partial charge on any atom is -0.330 e. The quantitative estimate of drug-likeness (QED) is 0.714. The first-order valence-corrected chi connectivity index (χ1v) is 6.52. The van der Waals surface area contributed by atoms with Crippen LogP contribution in [0.5, 0.6) is 0 Å². The van der Waals surface area contributed by atoms with Gasteiger partial charge >= 0.3 is 0 Å². The summed E-state index contributed by atoms with van der Waals surface area (Å²) in [6.45, 7) is 17.2. The Labute approximate surface area is 96.8 Å². The van der Waals surface area contributed by atoms with Crippen LogP contribution < -0.4 is 5.73 Å². The molecule has 0 spiro atoms. The first-order chi connectivity index (χ1) is 6.82. The standard InChI is InChI=1S/C14H31N/c1-9(2)11(5)13(7)14(8-15)12(6)10(3)4/h9-14H,8,15H2,1-7H3. The van der Waals surface area contributed by atoms with Crippen molar-refractivity contribution < 1.29 is 0 Å². The Kier molecular flexibility index (Phi) is 6.51. The van der Waals surface area contributed by atoms with Gasteiger partial charge in [0.25, 0.3) is 0 Å². The van der Waals surface area contributed by atoms with Gasteiger partial charge in [0.1, 0.15) is 0 Å². The fraction of sp³-hybridized carbons (Fsp3) is 1.00. The minimum absolute atomic E-state index is 0.669. The van der Waals surface area contributed by atoms with E-state index in [4.69, 9.17) is 5.73 Å². The Balaban J connectivity index is 4.52. The van der Waals surface area contributed by atoms with Gasteiger partial charge < -0.3 is 5.73 Å². The lowest BCUT2D eigenvalue weighted by molar-refractivity contribution is 0.141. The first-order valence-electron chi connectivity index (χ1n) is 6.52. The highest BCUT2D eigenvalue weighted by Gasteiger charge is 2.29. The van der Waals surface area contributed by atoms with Crippen molar-refractivity contribution in [1.29, 1.82) is 0 Å². The Morgan fingerprint density at radius 3 is 1.33 bits per heavy atom. The molecule has 4 atom stereocenters. The predicted molar refractivity (Wildman–Crippen MR) is 69.7 cm³/mol. The molecular formula is C14H31N. The molecule has 0 radical (unpaired) electrons. The van der Waals surface area contributed by atoms with E-state index in [0.717, 1.165) is 36.1 Å². The zero-order chi connectivity index (χ0) is 12.2. The van der Waals surface area contributed by atoms with Gasteiger partial charge in [-0.15, -0.1) is 0 Å². The fourth-order valence-electron chi connectivity index (χ4n) is 2.40. The van der Waals surface area contributed by atoms with Gasteiger partial charge in [0, 0.05) is 0 Å². The molecule has 0 fully saturated rings. The topological polar surface area (TPSA) is 26.0 Å². The number of hydrogen-bond donors (Lipinski definition) is 1. The van der Waals surface area contributed by atoms with Gasteiger partial charge in [-0.05, 0) is 42.1 Å². The summed E-state index contributed by atoms with van der Waals surface area (Å²) in [5, 5.41) is 0. The van der Waals surface area contributed by atoms with E-state index in [2.05, 4.69) is 48.5 Å². The molecule has 0 aliphatic heterocycles. The van der Waals surface area contributed by atoms with Crippen molar-refractivity contribution in [2.75, 3.05) is 6.54 Å². The van der Waals surface area contributed by atoms with Crippen LogP contribution in [0.3, 0.4) is 0 Å². The highest BCUT2D eigenvalue weighted by Crippen LogP contribution is 2.33. The zero-order valence-electron chi connectivity index (χ0n) is 11.7. The molecule has 0 aromatic heterocycles. The normalized spacial score (nSPS) is 20.4. The van der Waals surface area contributed by atoms with E-state index in [1.807, 2.05) is 0 Å². The summed E-state index contributed by atoms with van der Waals surface area (Å²) < 4.78 is 0. The molecule has 0 saturated carbocycles. The molecule has 0 aromatic carbocycles. The van der Waals surface area contributed by atoms with Crippen molar-refractivity contribution in [1.82, 2.24) is 0 Å². The van der Waals surface area contributed by atoms with Crippen molar-refractivity contribution >= 4 is 0 Å². The van der Waals surface area contributed by atoms with E-state index in [1.54, 1.807) is 0 Å². The summed E-state index contributed by atoms with van der Waals surface area (Å²) in [4.78, 5) is 0. The van der Waals surface area contributed by atoms with Crippen LogP contribution in [0.2, 0.25) is 0 Å². The van der Waals surface area contributed by atoms with Crippen molar-refractivity contribution in [2.24, 2.45) is 41.2 Å². The SMILES string of the molecule is CC(C)C(C)C(C)C(CN)C(C)C(C)C. The van der Waals surface area contributed by atoms with Crippen LogP contribution in [0.25, 0.3) is 0 Å². The number of rotatable bonds is 6.